The number of methoxy groups -OCH3 is 1. The third-order valence-electron chi connectivity index (χ3n) is 3.11. The van der Waals surface area contributed by atoms with Crippen LogP contribution in [0.2, 0.25) is 0 Å². The number of rotatable bonds is 7. The molecule has 0 unspecified atom stereocenters. The molecule has 0 aromatic heterocycles. The number of benzene rings is 2. The smallest absolute Gasteiger partial charge is 0.387 e. The van der Waals surface area contributed by atoms with Gasteiger partial charge in [0.2, 0.25) is 5.91 Å². The van der Waals surface area contributed by atoms with Crippen LogP contribution in [0.4, 0.5) is 14.5 Å². The Hall–Kier alpha value is -3.16. The lowest BCUT2D eigenvalue weighted by molar-refractivity contribution is -0.115. The molecule has 0 aliphatic carbocycles. The lowest BCUT2D eigenvalue weighted by Crippen LogP contribution is -2.32. The summed E-state index contributed by atoms with van der Waals surface area (Å²) >= 11 is 0. The van der Waals surface area contributed by atoms with E-state index in [1.807, 2.05) is 0 Å². The molecule has 0 bridgehead atoms. The van der Waals surface area contributed by atoms with Crippen molar-refractivity contribution < 1.29 is 27.8 Å². The third kappa shape index (κ3) is 5.45. The SMILES string of the molecule is COc1ccc(NC(=O)CNC(=O)c2ccccc2)cc1OC(F)F. The Bertz CT molecular complexity index is 739. The van der Waals surface area contributed by atoms with Gasteiger partial charge in [-0.15, -0.1) is 0 Å². The van der Waals surface area contributed by atoms with Gasteiger partial charge in [-0.05, 0) is 24.3 Å². The summed E-state index contributed by atoms with van der Waals surface area (Å²) in [7, 11) is 1.31. The zero-order valence-electron chi connectivity index (χ0n) is 13.3. The molecule has 0 aliphatic heterocycles. The van der Waals surface area contributed by atoms with Crippen molar-refractivity contribution >= 4 is 17.5 Å². The maximum Gasteiger partial charge on any atom is 0.387 e. The summed E-state index contributed by atoms with van der Waals surface area (Å²) < 4.78 is 34.0. The van der Waals surface area contributed by atoms with Crippen LogP contribution in [-0.4, -0.2) is 32.1 Å². The Balaban J connectivity index is 1.95. The molecule has 0 heterocycles. The fourth-order valence-electron chi connectivity index (χ4n) is 2.00. The Morgan fingerprint density at radius 3 is 2.44 bits per heavy atom. The van der Waals surface area contributed by atoms with Crippen molar-refractivity contribution in [2.24, 2.45) is 0 Å². The molecule has 2 aromatic carbocycles. The van der Waals surface area contributed by atoms with Crippen LogP contribution in [0.15, 0.2) is 48.5 Å². The monoisotopic (exact) mass is 350 g/mol. The molecule has 2 amide bonds. The van der Waals surface area contributed by atoms with Crippen LogP contribution >= 0.6 is 0 Å². The predicted octanol–water partition coefficient (Wildman–Crippen LogP) is 2.67. The number of alkyl halides is 2. The standard InChI is InChI=1S/C17H16F2N2O4/c1-24-13-8-7-12(9-14(13)25-17(18)19)21-15(22)10-20-16(23)11-5-3-2-4-6-11/h2-9,17H,10H2,1H3,(H,20,23)(H,21,22). The fourth-order valence-corrected chi connectivity index (χ4v) is 2.00. The van der Waals surface area contributed by atoms with E-state index in [2.05, 4.69) is 15.4 Å². The van der Waals surface area contributed by atoms with Gasteiger partial charge in [0.1, 0.15) is 0 Å². The number of halogens is 2. The quantitative estimate of drug-likeness (QED) is 0.805. The van der Waals surface area contributed by atoms with E-state index in [1.54, 1.807) is 30.3 Å². The molecule has 0 radical (unpaired) electrons. The number of hydrogen-bond donors (Lipinski definition) is 2. The second-order valence-electron chi connectivity index (χ2n) is 4.84. The van der Waals surface area contributed by atoms with Crippen molar-refractivity contribution in [3.63, 3.8) is 0 Å². The molecule has 132 valence electrons. The zero-order chi connectivity index (χ0) is 18.2. The summed E-state index contributed by atoms with van der Waals surface area (Å²) in [5.41, 5.74) is 0.655. The number of carbonyl (C=O) groups excluding carboxylic acids is 2. The van der Waals surface area contributed by atoms with Gasteiger partial charge in [0.15, 0.2) is 11.5 Å². The van der Waals surface area contributed by atoms with Crippen LogP contribution in [-0.2, 0) is 4.79 Å². The first-order valence-corrected chi connectivity index (χ1v) is 7.25. The Labute approximate surface area is 142 Å². The predicted molar refractivity (Wildman–Crippen MR) is 87.0 cm³/mol. The van der Waals surface area contributed by atoms with Crippen molar-refractivity contribution in [1.82, 2.24) is 5.32 Å². The van der Waals surface area contributed by atoms with Crippen molar-refractivity contribution in [2.45, 2.75) is 6.61 Å². The summed E-state index contributed by atoms with van der Waals surface area (Å²) in [6, 6.07) is 12.5. The fraction of sp³-hybridized carbons (Fsp3) is 0.176. The normalized spacial score (nSPS) is 10.2. The van der Waals surface area contributed by atoms with Gasteiger partial charge in [0.05, 0.1) is 13.7 Å². The Morgan fingerprint density at radius 2 is 1.80 bits per heavy atom. The van der Waals surface area contributed by atoms with Crippen molar-refractivity contribution in [1.29, 1.82) is 0 Å². The molecular formula is C17H16F2N2O4. The topological polar surface area (TPSA) is 76.7 Å². The van der Waals surface area contributed by atoms with E-state index < -0.39 is 18.4 Å². The van der Waals surface area contributed by atoms with E-state index in [1.165, 1.54) is 25.3 Å². The second kappa shape index (κ2) is 8.62. The lowest BCUT2D eigenvalue weighted by atomic mass is 10.2. The molecule has 2 N–H and O–H groups in total. The van der Waals surface area contributed by atoms with Gasteiger partial charge < -0.3 is 20.1 Å². The highest BCUT2D eigenvalue weighted by Gasteiger charge is 2.13. The first-order valence-electron chi connectivity index (χ1n) is 7.25. The average Bonchev–Trinajstić information content (AvgIpc) is 2.60. The summed E-state index contributed by atoms with van der Waals surface area (Å²) in [6.45, 7) is -3.30. The summed E-state index contributed by atoms with van der Waals surface area (Å²) in [4.78, 5) is 23.7. The maximum absolute atomic E-state index is 12.4. The summed E-state index contributed by atoms with van der Waals surface area (Å²) in [5.74, 6) is -1.01. The van der Waals surface area contributed by atoms with Crippen molar-refractivity contribution in [3.05, 3.63) is 54.1 Å². The number of carbonyl (C=O) groups is 2. The first-order chi connectivity index (χ1) is 12.0. The van der Waals surface area contributed by atoms with Crippen molar-refractivity contribution in [2.75, 3.05) is 19.0 Å². The molecular weight excluding hydrogens is 334 g/mol. The molecule has 2 rings (SSSR count). The van der Waals surface area contributed by atoms with Gasteiger partial charge in [-0.3, -0.25) is 9.59 Å². The van der Waals surface area contributed by atoms with Crippen LogP contribution in [0.25, 0.3) is 0 Å². The highest BCUT2D eigenvalue weighted by molar-refractivity contribution is 5.99. The van der Waals surface area contributed by atoms with E-state index in [4.69, 9.17) is 4.74 Å². The molecule has 8 heteroatoms. The largest absolute Gasteiger partial charge is 0.493 e. The molecule has 2 aromatic rings. The van der Waals surface area contributed by atoms with Gasteiger partial charge in [0, 0.05) is 17.3 Å². The third-order valence-corrected chi connectivity index (χ3v) is 3.11. The van der Waals surface area contributed by atoms with E-state index in [9.17, 15) is 18.4 Å². The zero-order valence-corrected chi connectivity index (χ0v) is 13.3. The van der Waals surface area contributed by atoms with Crippen LogP contribution in [0.1, 0.15) is 10.4 Å². The molecule has 0 saturated heterocycles. The molecule has 0 aliphatic rings. The maximum atomic E-state index is 12.4. The first kappa shape index (κ1) is 18.2. The van der Waals surface area contributed by atoms with Crippen LogP contribution in [0, 0.1) is 0 Å². The van der Waals surface area contributed by atoms with Gasteiger partial charge in [-0.1, -0.05) is 18.2 Å². The van der Waals surface area contributed by atoms with E-state index in [0.717, 1.165) is 0 Å². The lowest BCUT2D eigenvalue weighted by Gasteiger charge is -2.12. The minimum atomic E-state index is -3.02. The van der Waals surface area contributed by atoms with Gasteiger partial charge in [-0.25, -0.2) is 0 Å². The minimum Gasteiger partial charge on any atom is -0.493 e. The summed E-state index contributed by atoms with van der Waals surface area (Å²) in [6.07, 6.45) is 0. The average molecular weight is 350 g/mol. The van der Waals surface area contributed by atoms with Gasteiger partial charge in [0.25, 0.3) is 5.91 Å². The second-order valence-corrected chi connectivity index (χ2v) is 4.84. The Kier molecular flexibility index (Phi) is 6.27. The van der Waals surface area contributed by atoms with Gasteiger partial charge in [-0.2, -0.15) is 8.78 Å². The minimum absolute atomic E-state index is 0.107. The van der Waals surface area contributed by atoms with Crippen LogP contribution in [0.3, 0.4) is 0 Å². The molecule has 0 spiro atoms. The number of amides is 2. The molecule has 0 atom stereocenters. The number of ether oxygens (including phenoxy) is 2. The molecule has 6 nitrogen and oxygen atoms in total. The molecule has 25 heavy (non-hydrogen) atoms. The highest BCUT2D eigenvalue weighted by Crippen LogP contribution is 2.31. The Morgan fingerprint density at radius 1 is 1.08 bits per heavy atom. The van der Waals surface area contributed by atoms with Crippen LogP contribution in [0.5, 0.6) is 11.5 Å². The molecule has 0 fully saturated rings. The number of hydrogen-bond acceptors (Lipinski definition) is 4. The van der Waals surface area contributed by atoms with E-state index >= 15 is 0 Å². The van der Waals surface area contributed by atoms with Crippen molar-refractivity contribution in [3.8, 4) is 11.5 Å². The van der Waals surface area contributed by atoms with Gasteiger partial charge >= 0.3 is 6.61 Å². The van der Waals surface area contributed by atoms with E-state index in [-0.39, 0.29) is 23.7 Å². The highest BCUT2D eigenvalue weighted by atomic mass is 19.3. The number of anilines is 1. The number of nitrogens with one attached hydrogen (secondary N) is 2. The van der Waals surface area contributed by atoms with E-state index in [0.29, 0.717) is 5.56 Å². The molecule has 0 saturated carbocycles. The van der Waals surface area contributed by atoms with Crippen LogP contribution < -0.4 is 20.1 Å². The summed E-state index contributed by atoms with van der Waals surface area (Å²) in [5, 5.41) is 4.94.